The Morgan fingerprint density at radius 1 is 0.760 bits per heavy atom. The second-order valence-corrected chi connectivity index (χ2v) is 15.6. The molecule has 0 N–H and O–H groups in total. The molecule has 0 fully saturated rings. The van der Waals surface area contributed by atoms with Crippen LogP contribution in [-0.2, 0) is 15.6 Å². The van der Waals surface area contributed by atoms with Gasteiger partial charge in [0.25, 0.3) is 0 Å². The zero-order chi connectivity index (χ0) is 35.3. The number of benzene rings is 3. The average Bonchev–Trinajstić information content (AvgIpc) is 3.47. The third-order valence-corrected chi connectivity index (χ3v) is 11.3. The van der Waals surface area contributed by atoms with Crippen molar-refractivity contribution < 1.29 is 19.2 Å². The van der Waals surface area contributed by atoms with E-state index in [0.29, 0.717) is 17.8 Å². The van der Waals surface area contributed by atoms with E-state index in [0.717, 1.165) is 74.1 Å². The molecule has 0 bridgehead atoms. The highest BCUT2D eigenvalue weighted by atomic mass is 79.9. The van der Waals surface area contributed by atoms with Crippen molar-refractivity contribution in [2.45, 2.75) is 89.9 Å². The first kappa shape index (κ1) is 35.9. The number of halogens is 1. The number of nitrogens with zero attached hydrogens (tertiary/aromatic N) is 2. The van der Waals surface area contributed by atoms with Crippen LogP contribution in [0, 0.1) is 0 Å². The van der Waals surface area contributed by atoms with Gasteiger partial charge in [0.1, 0.15) is 12.3 Å². The Labute approximate surface area is 307 Å². The van der Waals surface area contributed by atoms with E-state index in [2.05, 4.69) is 102 Å². The predicted octanol–water partition coefficient (Wildman–Crippen LogP) is 9.46. The minimum atomic E-state index is -0.331. The largest absolute Gasteiger partial charge is 0.871 e. The number of ketones is 1. The minimum Gasteiger partial charge on any atom is -0.871 e. The number of carbonyl (C=O) groups is 1. The highest BCUT2D eigenvalue weighted by molar-refractivity contribution is 9.09. The molecule has 262 valence electrons. The van der Waals surface area contributed by atoms with E-state index < -0.39 is 0 Å². The second kappa shape index (κ2) is 15.6. The summed E-state index contributed by atoms with van der Waals surface area (Å²) >= 11 is 3.54. The molecule has 2 heterocycles. The summed E-state index contributed by atoms with van der Waals surface area (Å²) in [6.07, 6.45) is 12.5. The molecule has 1 aliphatic carbocycles. The third-order valence-electron chi connectivity index (χ3n) is 10.7. The van der Waals surface area contributed by atoms with Gasteiger partial charge < -0.3 is 14.7 Å². The van der Waals surface area contributed by atoms with Gasteiger partial charge in [-0.15, -0.1) is 0 Å². The van der Waals surface area contributed by atoms with Crippen molar-refractivity contribution in [1.29, 1.82) is 0 Å². The van der Waals surface area contributed by atoms with Gasteiger partial charge in [0.15, 0.2) is 11.5 Å². The van der Waals surface area contributed by atoms with Crippen molar-refractivity contribution in [3.8, 4) is 5.75 Å². The number of alkyl halides is 1. The van der Waals surface area contributed by atoms with Crippen molar-refractivity contribution in [2.75, 3.05) is 29.9 Å². The maximum atomic E-state index is 13.9. The Morgan fingerprint density at radius 3 is 2.18 bits per heavy atom. The number of unbranched alkanes of at least 4 members (excludes halogenated alkanes) is 6. The fourth-order valence-corrected chi connectivity index (χ4v) is 8.20. The van der Waals surface area contributed by atoms with E-state index in [1.807, 2.05) is 42.5 Å². The van der Waals surface area contributed by atoms with Crippen molar-refractivity contribution in [3.05, 3.63) is 125 Å². The van der Waals surface area contributed by atoms with E-state index in [9.17, 15) is 9.90 Å². The molecule has 0 radical (unpaired) electrons. The Morgan fingerprint density at radius 2 is 1.42 bits per heavy atom. The quantitative estimate of drug-likeness (QED) is 0.0637. The van der Waals surface area contributed by atoms with Crippen LogP contribution in [0.3, 0.4) is 0 Å². The number of allylic oxidation sites excluding steroid dienone is 5. The van der Waals surface area contributed by atoms with Crippen LogP contribution in [0.5, 0.6) is 5.75 Å². The van der Waals surface area contributed by atoms with Crippen molar-refractivity contribution in [1.82, 2.24) is 0 Å². The number of Topliss-reactive ketones (excluding diaryl/α,β-unsaturated/α-hetero) is 1. The van der Waals surface area contributed by atoms with Crippen LogP contribution in [0.15, 0.2) is 114 Å². The van der Waals surface area contributed by atoms with Gasteiger partial charge in [-0.1, -0.05) is 109 Å². The molecular formula is C44H51BrN2O3. The van der Waals surface area contributed by atoms with Crippen LogP contribution >= 0.6 is 15.9 Å². The monoisotopic (exact) mass is 734 g/mol. The van der Waals surface area contributed by atoms with Crippen molar-refractivity contribution in [3.63, 3.8) is 0 Å². The molecule has 5 nitrogen and oxygen atoms in total. The van der Waals surface area contributed by atoms with Crippen LogP contribution in [0.4, 0.5) is 11.4 Å². The van der Waals surface area contributed by atoms with Gasteiger partial charge in [0.2, 0.25) is 5.69 Å². The molecular weight excluding hydrogens is 684 g/mol. The van der Waals surface area contributed by atoms with Crippen molar-refractivity contribution >= 4 is 38.8 Å². The molecule has 3 aliphatic rings. The smallest absolute Gasteiger partial charge is 0.209 e. The van der Waals surface area contributed by atoms with E-state index in [1.165, 1.54) is 35.3 Å². The molecule has 6 rings (SSSR count). The Balaban J connectivity index is 1.21. The zero-order valence-electron chi connectivity index (χ0n) is 30.1. The van der Waals surface area contributed by atoms with E-state index in [-0.39, 0.29) is 22.4 Å². The lowest BCUT2D eigenvalue weighted by Gasteiger charge is -2.33. The number of anilines is 1. The number of para-hydroxylation sites is 3. The molecule has 50 heavy (non-hydrogen) atoms. The number of rotatable bonds is 16. The van der Waals surface area contributed by atoms with Gasteiger partial charge in [-0.25, -0.2) is 0 Å². The zero-order valence-corrected chi connectivity index (χ0v) is 31.7. The first-order valence-corrected chi connectivity index (χ1v) is 19.5. The van der Waals surface area contributed by atoms with Crippen LogP contribution < -0.4 is 14.7 Å². The lowest BCUT2D eigenvalue weighted by molar-refractivity contribution is -0.438. The van der Waals surface area contributed by atoms with Crippen LogP contribution in [0.1, 0.15) is 90.2 Å². The topological polar surface area (TPSA) is 55.6 Å². The van der Waals surface area contributed by atoms with Crippen LogP contribution in [-0.4, -0.2) is 41.1 Å². The number of hydrogen-bond donors (Lipinski definition) is 0. The summed E-state index contributed by atoms with van der Waals surface area (Å²) in [7, 11) is 0. The lowest BCUT2D eigenvalue weighted by atomic mass is 9.77. The van der Waals surface area contributed by atoms with Gasteiger partial charge in [-0.05, 0) is 69.4 Å². The molecule has 0 atom stereocenters. The third kappa shape index (κ3) is 7.14. The summed E-state index contributed by atoms with van der Waals surface area (Å²) < 4.78 is 8.22. The molecule has 3 aromatic rings. The molecule has 0 spiro atoms. The maximum Gasteiger partial charge on any atom is 0.209 e. The summed E-state index contributed by atoms with van der Waals surface area (Å²) in [5, 5.41) is 14.9. The van der Waals surface area contributed by atoms with Gasteiger partial charge in [-0.2, -0.15) is 4.58 Å². The number of hydrogen-bond acceptors (Lipinski definition) is 4. The molecule has 0 unspecified atom stereocenters. The molecule has 3 aromatic carbocycles. The van der Waals surface area contributed by atoms with Gasteiger partial charge in [0.05, 0.1) is 12.0 Å². The average molecular weight is 736 g/mol. The first-order chi connectivity index (χ1) is 24.2. The van der Waals surface area contributed by atoms with Gasteiger partial charge in [0, 0.05) is 63.9 Å². The maximum absolute atomic E-state index is 13.9. The summed E-state index contributed by atoms with van der Waals surface area (Å²) in [6.45, 7) is 11.2. The van der Waals surface area contributed by atoms with Crippen molar-refractivity contribution in [2.24, 2.45) is 0 Å². The van der Waals surface area contributed by atoms with Gasteiger partial charge >= 0.3 is 0 Å². The van der Waals surface area contributed by atoms with Crippen LogP contribution in [0.2, 0.25) is 0 Å². The molecule has 0 aromatic heterocycles. The predicted molar refractivity (Wildman–Crippen MR) is 207 cm³/mol. The van der Waals surface area contributed by atoms with Gasteiger partial charge in [-0.3, -0.25) is 4.79 Å². The van der Waals surface area contributed by atoms with Crippen LogP contribution in [0.25, 0.3) is 0 Å². The first-order valence-electron chi connectivity index (χ1n) is 18.4. The fraction of sp³-hybridized carbons (Fsp3) is 0.409. The molecule has 6 heteroatoms. The lowest BCUT2D eigenvalue weighted by Crippen LogP contribution is -2.35. The molecule has 0 saturated carbocycles. The van der Waals surface area contributed by atoms with E-state index in [1.54, 1.807) is 0 Å². The molecule has 0 amide bonds. The van der Waals surface area contributed by atoms with E-state index >= 15 is 0 Å². The van der Waals surface area contributed by atoms with E-state index in [4.69, 9.17) is 4.74 Å². The Bertz CT molecular complexity index is 1830. The fourth-order valence-electron chi connectivity index (χ4n) is 7.80. The second-order valence-electron chi connectivity index (χ2n) is 14.8. The minimum absolute atomic E-state index is 0.149. The highest BCUT2D eigenvalue weighted by Gasteiger charge is 2.46. The Hall–Kier alpha value is -3.90. The summed E-state index contributed by atoms with van der Waals surface area (Å²) in [5.41, 5.74) is 6.82. The summed E-state index contributed by atoms with van der Waals surface area (Å²) in [5.74, 6) is 0.617. The highest BCUT2D eigenvalue weighted by Crippen LogP contribution is 2.49. The standard InChI is InChI=1S/C44H51BrN2O3/c1-43(2)35-22-12-14-24-37(35)46(27-17-6-5-16-26-45)39(43)30-33-41(48)34(42(33)49)31-40-44(3,4)36-23-13-15-25-38(36)47(40)28-18-7-8-19-29-50-32-20-10-9-11-21-32/h9-15,20-25,30-31H,5-8,16-19,26-29H2,1-4H3. The number of ether oxygens (including phenoxy) is 1. The molecule has 2 aliphatic heterocycles. The Kier molecular flexibility index (Phi) is 11.2. The summed E-state index contributed by atoms with van der Waals surface area (Å²) in [6, 6.07) is 27.0. The normalized spacial score (nSPS) is 19.0. The summed E-state index contributed by atoms with van der Waals surface area (Å²) in [4.78, 5) is 16.2. The number of carbonyl (C=O) groups excluding carboxylic acids is 1. The SMILES string of the molecule is CC1(C)C(/C=C2/C(=O)C(/C=C3/N(CCCCCCOc4ccccc4)c4ccccc4C3(C)C)=C2[O-])=[N+](CCCCCCBr)c2ccccc21. The molecule has 0 saturated heterocycles. The number of fused-ring (bicyclic) bond motifs is 2.